The van der Waals surface area contributed by atoms with Crippen LogP contribution in [0.2, 0.25) is 0 Å². The molecule has 0 saturated heterocycles. The van der Waals surface area contributed by atoms with Crippen LogP contribution in [0.3, 0.4) is 0 Å². The van der Waals surface area contributed by atoms with E-state index in [0.29, 0.717) is 11.3 Å². The maximum absolute atomic E-state index is 12.1. The molecule has 3 N–H and O–H groups in total. The maximum Gasteiger partial charge on any atom is 0.264 e. The molecule has 2 heterocycles. The summed E-state index contributed by atoms with van der Waals surface area (Å²) < 4.78 is 26.6. The zero-order chi connectivity index (χ0) is 14.8. The van der Waals surface area contributed by atoms with Crippen molar-refractivity contribution in [3.05, 3.63) is 41.9 Å². The fourth-order valence-electron chi connectivity index (χ4n) is 1.49. The zero-order valence-electron chi connectivity index (χ0n) is 10.5. The quantitative estimate of drug-likeness (QED) is 0.870. The average Bonchev–Trinajstić information content (AvgIpc) is 2.42. The first-order valence-corrected chi connectivity index (χ1v) is 7.02. The number of nitrogens with zero attached hydrogens (tertiary/aromatic N) is 3. The summed E-state index contributed by atoms with van der Waals surface area (Å²) in [6.45, 7) is 1.69. The van der Waals surface area contributed by atoms with Crippen LogP contribution in [0.25, 0.3) is 0 Å². The molecular weight excluding hydrogens is 278 g/mol. The summed E-state index contributed by atoms with van der Waals surface area (Å²) in [5.74, 6) is 0.198. The van der Waals surface area contributed by atoms with Crippen molar-refractivity contribution in [2.45, 2.75) is 11.8 Å². The Labute approximate surface area is 116 Å². The van der Waals surface area contributed by atoms with E-state index in [-0.39, 0.29) is 16.4 Å². The molecule has 0 amide bonds. The van der Waals surface area contributed by atoms with Crippen LogP contribution in [0.5, 0.6) is 0 Å². The highest BCUT2D eigenvalue weighted by Gasteiger charge is 2.16. The van der Waals surface area contributed by atoms with Gasteiger partial charge >= 0.3 is 0 Å². The van der Waals surface area contributed by atoms with Crippen molar-refractivity contribution in [3.63, 3.8) is 0 Å². The number of pyridine rings is 2. The third kappa shape index (κ3) is 2.84. The van der Waals surface area contributed by atoms with E-state index in [0.717, 1.165) is 6.20 Å². The number of nitrogens with two attached hydrogens (primary N) is 1. The van der Waals surface area contributed by atoms with E-state index in [1.807, 2.05) is 6.07 Å². The van der Waals surface area contributed by atoms with E-state index in [1.54, 1.807) is 13.0 Å². The monoisotopic (exact) mass is 289 g/mol. The van der Waals surface area contributed by atoms with E-state index in [1.165, 1.54) is 18.3 Å². The molecule has 0 saturated carbocycles. The lowest BCUT2D eigenvalue weighted by Gasteiger charge is -2.09. The summed E-state index contributed by atoms with van der Waals surface area (Å²) in [4.78, 5) is 7.61. The SMILES string of the molecule is Cc1cc(N)cnc1NS(=O)(=O)c1ccc(C#N)nc1. The van der Waals surface area contributed by atoms with E-state index in [4.69, 9.17) is 11.0 Å². The van der Waals surface area contributed by atoms with Gasteiger partial charge in [-0.25, -0.2) is 18.4 Å². The molecule has 2 aromatic heterocycles. The highest BCUT2D eigenvalue weighted by Crippen LogP contribution is 2.18. The largest absolute Gasteiger partial charge is 0.397 e. The van der Waals surface area contributed by atoms with Gasteiger partial charge in [-0.05, 0) is 30.7 Å². The van der Waals surface area contributed by atoms with Gasteiger partial charge in [0.25, 0.3) is 10.0 Å². The van der Waals surface area contributed by atoms with Gasteiger partial charge in [0.15, 0.2) is 0 Å². The Morgan fingerprint density at radius 1 is 1.30 bits per heavy atom. The Hall–Kier alpha value is -2.66. The molecule has 8 heteroatoms. The van der Waals surface area contributed by atoms with E-state index in [2.05, 4.69) is 14.7 Å². The smallest absolute Gasteiger partial charge is 0.264 e. The van der Waals surface area contributed by atoms with Crippen LogP contribution in [0.1, 0.15) is 11.3 Å². The van der Waals surface area contributed by atoms with Crippen LogP contribution < -0.4 is 10.5 Å². The van der Waals surface area contributed by atoms with Crippen molar-refractivity contribution in [3.8, 4) is 6.07 Å². The molecule has 2 rings (SSSR count). The fraction of sp³-hybridized carbons (Fsp3) is 0.0833. The number of hydrogen-bond donors (Lipinski definition) is 2. The first-order chi connectivity index (χ1) is 9.42. The van der Waals surface area contributed by atoms with Gasteiger partial charge in [0, 0.05) is 6.20 Å². The van der Waals surface area contributed by atoms with Gasteiger partial charge in [-0.15, -0.1) is 0 Å². The molecule has 2 aromatic rings. The summed E-state index contributed by atoms with van der Waals surface area (Å²) in [5, 5.41) is 8.63. The molecule has 0 unspecified atom stereocenters. The predicted octanol–water partition coefficient (Wildman–Crippen LogP) is 1.04. The molecule has 0 bridgehead atoms. The van der Waals surface area contributed by atoms with Crippen molar-refractivity contribution in [2.24, 2.45) is 0 Å². The van der Waals surface area contributed by atoms with Crippen molar-refractivity contribution in [1.29, 1.82) is 5.26 Å². The van der Waals surface area contributed by atoms with Crippen molar-refractivity contribution in [2.75, 3.05) is 10.5 Å². The van der Waals surface area contributed by atoms with Gasteiger partial charge in [-0.3, -0.25) is 4.72 Å². The number of sulfonamides is 1. The minimum Gasteiger partial charge on any atom is -0.397 e. The second-order valence-corrected chi connectivity index (χ2v) is 5.71. The van der Waals surface area contributed by atoms with Gasteiger partial charge in [-0.1, -0.05) is 0 Å². The van der Waals surface area contributed by atoms with Gasteiger partial charge in [0.1, 0.15) is 22.5 Å². The number of anilines is 2. The van der Waals surface area contributed by atoms with Crippen molar-refractivity contribution < 1.29 is 8.42 Å². The Balaban J connectivity index is 2.33. The maximum atomic E-state index is 12.1. The number of aromatic nitrogens is 2. The summed E-state index contributed by atoms with van der Waals surface area (Å²) >= 11 is 0. The second-order valence-electron chi connectivity index (χ2n) is 4.03. The molecule has 0 aliphatic carbocycles. The normalized spacial score (nSPS) is 10.8. The Kier molecular flexibility index (Phi) is 3.54. The summed E-state index contributed by atoms with van der Waals surface area (Å²) in [6.07, 6.45) is 2.48. The summed E-state index contributed by atoms with van der Waals surface area (Å²) in [5.41, 5.74) is 6.75. The average molecular weight is 289 g/mol. The molecule has 0 aliphatic rings. The van der Waals surface area contributed by atoms with Crippen molar-refractivity contribution >= 4 is 21.5 Å². The number of nitrogens with one attached hydrogen (secondary N) is 1. The first-order valence-electron chi connectivity index (χ1n) is 5.53. The molecule has 0 spiro atoms. The van der Waals surface area contributed by atoms with Crippen LogP contribution in [-0.4, -0.2) is 18.4 Å². The lowest BCUT2D eigenvalue weighted by atomic mass is 10.3. The van der Waals surface area contributed by atoms with Crippen LogP contribution in [0.4, 0.5) is 11.5 Å². The van der Waals surface area contributed by atoms with E-state index < -0.39 is 10.0 Å². The van der Waals surface area contributed by atoms with E-state index in [9.17, 15) is 8.42 Å². The molecule has 0 aromatic carbocycles. The van der Waals surface area contributed by atoms with E-state index >= 15 is 0 Å². The molecule has 0 aliphatic heterocycles. The third-order valence-corrected chi connectivity index (χ3v) is 3.82. The summed E-state index contributed by atoms with van der Waals surface area (Å²) in [6, 6.07) is 6.07. The molecule has 20 heavy (non-hydrogen) atoms. The number of aryl methyl sites for hydroxylation is 1. The second kappa shape index (κ2) is 5.14. The Bertz CT molecular complexity index is 778. The standard InChI is InChI=1S/C12H11N5O2S/c1-8-4-9(14)6-16-12(8)17-20(18,19)11-3-2-10(5-13)15-7-11/h2-4,6-7H,14H2,1H3,(H,16,17). The predicted molar refractivity (Wildman–Crippen MR) is 73.1 cm³/mol. The van der Waals surface area contributed by atoms with Gasteiger partial charge in [0.2, 0.25) is 0 Å². The minimum absolute atomic E-state index is 0.0467. The van der Waals surface area contributed by atoms with Crippen LogP contribution in [-0.2, 0) is 10.0 Å². The zero-order valence-corrected chi connectivity index (χ0v) is 11.3. The van der Waals surface area contributed by atoms with Crippen LogP contribution in [0.15, 0.2) is 35.5 Å². The molecule has 7 nitrogen and oxygen atoms in total. The molecule has 0 atom stereocenters. The van der Waals surface area contributed by atoms with Gasteiger partial charge in [-0.2, -0.15) is 5.26 Å². The molecule has 0 fully saturated rings. The number of nitrogen functional groups attached to an aromatic ring is 1. The summed E-state index contributed by atoms with van der Waals surface area (Å²) in [7, 11) is -3.80. The molecular formula is C12H11N5O2S. The molecule has 0 radical (unpaired) electrons. The Morgan fingerprint density at radius 3 is 2.60 bits per heavy atom. The third-order valence-electron chi connectivity index (χ3n) is 2.49. The van der Waals surface area contributed by atoms with Crippen LogP contribution in [0, 0.1) is 18.3 Å². The fourth-order valence-corrected chi connectivity index (χ4v) is 2.52. The number of nitriles is 1. The van der Waals surface area contributed by atoms with Gasteiger partial charge < -0.3 is 5.73 Å². The van der Waals surface area contributed by atoms with Crippen molar-refractivity contribution in [1.82, 2.24) is 9.97 Å². The highest BCUT2D eigenvalue weighted by atomic mass is 32.2. The van der Waals surface area contributed by atoms with Gasteiger partial charge in [0.05, 0.1) is 11.9 Å². The topological polar surface area (TPSA) is 122 Å². The number of rotatable bonds is 3. The highest BCUT2D eigenvalue weighted by molar-refractivity contribution is 7.92. The van der Waals surface area contributed by atoms with Crippen LogP contribution >= 0.6 is 0 Å². The minimum atomic E-state index is -3.80. The lowest BCUT2D eigenvalue weighted by molar-refractivity contribution is 0.600. The lowest BCUT2D eigenvalue weighted by Crippen LogP contribution is -2.15. The Morgan fingerprint density at radius 2 is 2.05 bits per heavy atom. The molecule has 102 valence electrons. The first kappa shape index (κ1) is 13.8. The number of hydrogen-bond acceptors (Lipinski definition) is 6.